The van der Waals surface area contributed by atoms with Crippen LogP contribution in [0.25, 0.3) is 0 Å². The van der Waals surface area contributed by atoms with Crippen LogP contribution in [-0.4, -0.2) is 18.6 Å². The molecule has 0 radical (unpaired) electrons. The van der Waals surface area contributed by atoms with E-state index in [1.165, 1.54) is 64.2 Å². The molecule has 116 valence electrons. The molecule has 1 aliphatic carbocycles. The van der Waals surface area contributed by atoms with Gasteiger partial charge in [-0.1, -0.05) is 51.9 Å². The number of amides is 1. The summed E-state index contributed by atoms with van der Waals surface area (Å²) >= 11 is 0. The van der Waals surface area contributed by atoms with Crippen LogP contribution in [0.4, 0.5) is 0 Å². The molecule has 1 amide bonds. The molecule has 20 heavy (non-hydrogen) atoms. The molecule has 1 heterocycles. The smallest absolute Gasteiger partial charge is 0.218 e. The number of carbonyl (C=O) groups is 1. The highest BCUT2D eigenvalue weighted by atomic mass is 16.1. The molecule has 2 aliphatic rings. The van der Waals surface area contributed by atoms with Gasteiger partial charge in [0, 0.05) is 12.3 Å². The van der Waals surface area contributed by atoms with E-state index in [1.807, 2.05) is 0 Å². The monoisotopic (exact) mass is 280 g/mol. The van der Waals surface area contributed by atoms with Crippen molar-refractivity contribution in [1.29, 1.82) is 0 Å². The Balaban J connectivity index is 2.13. The van der Waals surface area contributed by atoms with Crippen molar-refractivity contribution in [3.8, 4) is 0 Å². The van der Waals surface area contributed by atoms with Gasteiger partial charge in [0.15, 0.2) is 0 Å². The Labute approximate surface area is 124 Å². The zero-order chi connectivity index (χ0) is 14.4. The lowest BCUT2D eigenvalue weighted by atomic mass is 9.67. The van der Waals surface area contributed by atoms with Crippen LogP contribution < -0.4 is 10.6 Å². The number of rotatable bonds is 2. The second-order valence-electron chi connectivity index (χ2n) is 7.00. The van der Waals surface area contributed by atoms with Gasteiger partial charge in [0.2, 0.25) is 5.91 Å². The topological polar surface area (TPSA) is 41.1 Å². The summed E-state index contributed by atoms with van der Waals surface area (Å²) < 4.78 is 0. The molecule has 3 heteroatoms. The van der Waals surface area contributed by atoms with E-state index in [1.54, 1.807) is 6.92 Å². The van der Waals surface area contributed by atoms with Gasteiger partial charge in [-0.25, -0.2) is 0 Å². The summed E-state index contributed by atoms with van der Waals surface area (Å²) in [6.45, 7) is 5.01. The Kier molecular flexibility index (Phi) is 5.88. The average Bonchev–Trinajstić information content (AvgIpc) is 2.54. The summed E-state index contributed by atoms with van der Waals surface area (Å²) in [7, 11) is 0. The van der Waals surface area contributed by atoms with E-state index in [0.29, 0.717) is 5.41 Å². The van der Waals surface area contributed by atoms with Crippen LogP contribution in [0.3, 0.4) is 0 Å². The summed E-state index contributed by atoms with van der Waals surface area (Å²) in [5.74, 6) is 0.887. The van der Waals surface area contributed by atoms with Crippen molar-refractivity contribution in [3.05, 3.63) is 0 Å². The molecule has 1 spiro atoms. The van der Waals surface area contributed by atoms with E-state index >= 15 is 0 Å². The molecule has 1 saturated carbocycles. The molecule has 0 aromatic heterocycles. The Bertz CT molecular complexity index is 306. The van der Waals surface area contributed by atoms with E-state index in [-0.39, 0.29) is 12.1 Å². The van der Waals surface area contributed by atoms with Gasteiger partial charge in [0.1, 0.15) is 0 Å². The first kappa shape index (κ1) is 15.8. The molecule has 0 bridgehead atoms. The highest BCUT2D eigenvalue weighted by molar-refractivity contribution is 5.73. The van der Waals surface area contributed by atoms with Crippen LogP contribution in [0.5, 0.6) is 0 Å². The summed E-state index contributed by atoms with van der Waals surface area (Å²) in [6, 6.07) is 0. The quantitative estimate of drug-likeness (QED) is 0.811. The molecule has 2 unspecified atom stereocenters. The van der Waals surface area contributed by atoms with Crippen molar-refractivity contribution in [2.75, 3.05) is 6.54 Å². The molecule has 1 saturated heterocycles. The van der Waals surface area contributed by atoms with Gasteiger partial charge in [-0.2, -0.15) is 0 Å². The Morgan fingerprint density at radius 2 is 1.75 bits per heavy atom. The van der Waals surface area contributed by atoms with Crippen molar-refractivity contribution in [2.45, 2.75) is 84.2 Å². The van der Waals surface area contributed by atoms with Crippen LogP contribution in [0.2, 0.25) is 0 Å². The first-order valence-electron chi connectivity index (χ1n) is 8.67. The van der Waals surface area contributed by atoms with Gasteiger partial charge in [-0.05, 0) is 31.7 Å². The minimum absolute atomic E-state index is 0.108. The SMILES string of the molecule is CCC1CNC(NC(C)=O)C2(CCCCCCCC2)C1. The molecule has 2 rings (SSSR count). The van der Waals surface area contributed by atoms with Crippen molar-refractivity contribution < 1.29 is 4.79 Å². The Hall–Kier alpha value is -0.570. The van der Waals surface area contributed by atoms with E-state index < -0.39 is 0 Å². The number of carbonyl (C=O) groups excluding carboxylic acids is 1. The lowest BCUT2D eigenvalue weighted by molar-refractivity contribution is -0.122. The van der Waals surface area contributed by atoms with Gasteiger partial charge in [0.25, 0.3) is 0 Å². The number of nitrogens with one attached hydrogen (secondary N) is 2. The normalized spacial score (nSPS) is 31.1. The van der Waals surface area contributed by atoms with E-state index in [0.717, 1.165) is 12.5 Å². The fourth-order valence-electron chi connectivity index (χ4n) is 4.24. The average molecular weight is 280 g/mol. The van der Waals surface area contributed by atoms with Gasteiger partial charge >= 0.3 is 0 Å². The van der Waals surface area contributed by atoms with Crippen LogP contribution >= 0.6 is 0 Å². The fourth-order valence-corrected chi connectivity index (χ4v) is 4.24. The third kappa shape index (κ3) is 3.97. The molecule has 2 atom stereocenters. The minimum atomic E-state index is 0.108. The lowest BCUT2D eigenvalue weighted by Crippen LogP contribution is -2.60. The van der Waals surface area contributed by atoms with Crippen LogP contribution in [0, 0.1) is 11.3 Å². The summed E-state index contributed by atoms with van der Waals surface area (Å²) in [5.41, 5.74) is 0.301. The third-order valence-electron chi connectivity index (χ3n) is 5.44. The van der Waals surface area contributed by atoms with Crippen molar-refractivity contribution in [2.24, 2.45) is 11.3 Å². The summed E-state index contributed by atoms with van der Waals surface area (Å²) in [6.07, 6.45) is 13.5. The van der Waals surface area contributed by atoms with E-state index in [2.05, 4.69) is 17.6 Å². The maximum atomic E-state index is 11.6. The second kappa shape index (κ2) is 7.44. The van der Waals surface area contributed by atoms with E-state index in [9.17, 15) is 4.79 Å². The predicted molar refractivity (Wildman–Crippen MR) is 83.4 cm³/mol. The van der Waals surface area contributed by atoms with Crippen LogP contribution in [-0.2, 0) is 4.79 Å². The predicted octanol–water partition coefficient (Wildman–Crippen LogP) is 3.59. The molecule has 2 fully saturated rings. The first-order chi connectivity index (χ1) is 9.66. The lowest BCUT2D eigenvalue weighted by Gasteiger charge is -2.48. The Morgan fingerprint density at radius 1 is 1.15 bits per heavy atom. The minimum Gasteiger partial charge on any atom is -0.340 e. The molecular formula is C17H32N2O. The van der Waals surface area contributed by atoms with Crippen LogP contribution in [0.15, 0.2) is 0 Å². The molecule has 2 N–H and O–H groups in total. The van der Waals surface area contributed by atoms with Gasteiger partial charge in [-0.15, -0.1) is 0 Å². The Morgan fingerprint density at radius 3 is 2.30 bits per heavy atom. The zero-order valence-corrected chi connectivity index (χ0v) is 13.3. The molecule has 1 aliphatic heterocycles. The zero-order valence-electron chi connectivity index (χ0n) is 13.3. The molecule has 0 aromatic carbocycles. The maximum absolute atomic E-state index is 11.6. The van der Waals surface area contributed by atoms with Gasteiger partial charge in [0.05, 0.1) is 6.17 Å². The molecule has 0 aromatic rings. The number of hydrogen-bond donors (Lipinski definition) is 2. The highest BCUT2D eigenvalue weighted by Gasteiger charge is 2.43. The summed E-state index contributed by atoms with van der Waals surface area (Å²) in [5, 5.41) is 6.85. The first-order valence-corrected chi connectivity index (χ1v) is 8.67. The molecular weight excluding hydrogens is 248 g/mol. The maximum Gasteiger partial charge on any atom is 0.218 e. The van der Waals surface area contributed by atoms with E-state index in [4.69, 9.17) is 0 Å². The number of hydrogen-bond acceptors (Lipinski definition) is 2. The highest BCUT2D eigenvalue weighted by Crippen LogP contribution is 2.44. The summed E-state index contributed by atoms with van der Waals surface area (Å²) in [4.78, 5) is 11.6. The van der Waals surface area contributed by atoms with Gasteiger partial charge in [-0.3, -0.25) is 10.1 Å². The largest absolute Gasteiger partial charge is 0.340 e. The number of piperidine rings is 1. The van der Waals surface area contributed by atoms with Gasteiger partial charge < -0.3 is 5.32 Å². The van der Waals surface area contributed by atoms with Crippen molar-refractivity contribution in [3.63, 3.8) is 0 Å². The molecule has 3 nitrogen and oxygen atoms in total. The fraction of sp³-hybridized carbons (Fsp3) is 0.941. The second-order valence-corrected chi connectivity index (χ2v) is 7.00. The van der Waals surface area contributed by atoms with Crippen molar-refractivity contribution >= 4 is 5.91 Å². The third-order valence-corrected chi connectivity index (χ3v) is 5.44. The van der Waals surface area contributed by atoms with Crippen molar-refractivity contribution in [1.82, 2.24) is 10.6 Å². The van der Waals surface area contributed by atoms with Crippen LogP contribution in [0.1, 0.15) is 78.1 Å². The standard InChI is InChI=1S/C17H32N2O/c1-3-15-12-17(16(18-13-15)19-14(2)20)10-8-6-4-5-7-9-11-17/h15-16,18H,3-13H2,1-2H3,(H,19,20).